The Bertz CT molecular complexity index is 325. The fraction of sp³-hybridized carbons (Fsp3) is 0.750. The van der Waals surface area contributed by atoms with E-state index in [1.807, 2.05) is 4.68 Å². The molecule has 16 heavy (non-hydrogen) atoms. The van der Waals surface area contributed by atoms with Crippen LogP contribution in [-0.4, -0.2) is 14.9 Å². The summed E-state index contributed by atoms with van der Waals surface area (Å²) in [5.41, 5.74) is 0.767. The first kappa shape index (κ1) is 13.5. The van der Waals surface area contributed by atoms with E-state index < -0.39 is 6.10 Å². The lowest BCUT2D eigenvalue weighted by molar-refractivity contribution is 0.136. The van der Waals surface area contributed by atoms with E-state index in [1.54, 1.807) is 6.20 Å². The van der Waals surface area contributed by atoms with Crippen LogP contribution >= 0.6 is 11.6 Å². The molecule has 2 unspecified atom stereocenters. The van der Waals surface area contributed by atoms with Gasteiger partial charge in [-0.2, -0.15) is 5.10 Å². The second-order valence-electron chi connectivity index (χ2n) is 4.37. The van der Waals surface area contributed by atoms with Gasteiger partial charge in [-0.25, -0.2) is 0 Å². The fourth-order valence-electron chi connectivity index (χ4n) is 1.75. The molecule has 0 bridgehead atoms. The molecule has 2 atom stereocenters. The maximum atomic E-state index is 10.2. The lowest BCUT2D eigenvalue weighted by Gasteiger charge is -2.17. The number of halogens is 1. The highest BCUT2D eigenvalue weighted by atomic mass is 35.5. The van der Waals surface area contributed by atoms with Crippen LogP contribution in [0.15, 0.2) is 6.20 Å². The minimum absolute atomic E-state index is 0.496. The number of aliphatic hydroxyl groups is 1. The summed E-state index contributed by atoms with van der Waals surface area (Å²) in [7, 11) is 0. The van der Waals surface area contributed by atoms with Crippen LogP contribution in [0.4, 0.5) is 0 Å². The number of hydrogen-bond acceptors (Lipinski definition) is 2. The Morgan fingerprint density at radius 3 is 2.75 bits per heavy atom. The van der Waals surface area contributed by atoms with Gasteiger partial charge < -0.3 is 5.11 Å². The van der Waals surface area contributed by atoms with Crippen molar-refractivity contribution in [1.29, 1.82) is 0 Å². The number of nitrogens with zero attached hydrogens (tertiary/aromatic N) is 2. The Balaban J connectivity index is 2.80. The van der Waals surface area contributed by atoms with E-state index in [9.17, 15) is 5.11 Å². The van der Waals surface area contributed by atoms with Gasteiger partial charge in [0.15, 0.2) is 0 Å². The van der Waals surface area contributed by atoms with Crippen molar-refractivity contribution >= 4 is 11.6 Å². The highest BCUT2D eigenvalue weighted by Gasteiger charge is 2.19. The third-order valence-electron chi connectivity index (χ3n) is 2.91. The van der Waals surface area contributed by atoms with E-state index in [2.05, 4.69) is 25.9 Å². The highest BCUT2D eigenvalue weighted by Crippen LogP contribution is 2.28. The third-order valence-corrected chi connectivity index (χ3v) is 3.20. The molecule has 0 aliphatic heterocycles. The molecule has 0 spiro atoms. The minimum Gasteiger partial charge on any atom is -0.387 e. The molecule has 1 aromatic rings. The van der Waals surface area contributed by atoms with Gasteiger partial charge >= 0.3 is 0 Å². The Hall–Kier alpha value is -0.540. The largest absolute Gasteiger partial charge is 0.387 e. The van der Waals surface area contributed by atoms with Crippen LogP contribution < -0.4 is 0 Å². The molecule has 0 saturated heterocycles. The van der Waals surface area contributed by atoms with Crippen molar-refractivity contribution < 1.29 is 5.11 Å². The van der Waals surface area contributed by atoms with Crippen LogP contribution in [0, 0.1) is 5.92 Å². The molecule has 0 aliphatic carbocycles. The Kier molecular flexibility index (Phi) is 5.29. The van der Waals surface area contributed by atoms with Crippen LogP contribution in [0.3, 0.4) is 0 Å². The van der Waals surface area contributed by atoms with E-state index in [0.717, 1.165) is 31.5 Å². The third kappa shape index (κ3) is 3.22. The van der Waals surface area contributed by atoms with Gasteiger partial charge in [0.25, 0.3) is 0 Å². The summed E-state index contributed by atoms with van der Waals surface area (Å²) in [6.07, 6.45) is 3.91. The second-order valence-corrected chi connectivity index (χ2v) is 4.77. The Morgan fingerprint density at radius 2 is 2.19 bits per heavy atom. The van der Waals surface area contributed by atoms with Crippen LogP contribution in [0.1, 0.15) is 51.8 Å². The van der Waals surface area contributed by atoms with Gasteiger partial charge in [-0.05, 0) is 18.8 Å². The van der Waals surface area contributed by atoms with Crippen molar-refractivity contribution in [2.24, 2.45) is 5.92 Å². The first-order valence-electron chi connectivity index (χ1n) is 5.99. The molecule has 0 aromatic carbocycles. The van der Waals surface area contributed by atoms with Crippen molar-refractivity contribution in [2.45, 2.75) is 52.7 Å². The molecule has 1 rings (SSSR count). The van der Waals surface area contributed by atoms with Gasteiger partial charge in [-0.3, -0.25) is 4.68 Å². The topological polar surface area (TPSA) is 38.0 Å². The second kappa shape index (κ2) is 6.26. The summed E-state index contributed by atoms with van der Waals surface area (Å²) in [5, 5.41) is 14.9. The van der Waals surface area contributed by atoms with E-state index in [4.69, 9.17) is 11.6 Å². The van der Waals surface area contributed by atoms with E-state index in [-0.39, 0.29) is 0 Å². The standard InChI is InChI=1S/C12H21ClN2O/c1-4-6-15-12(10(13)8-14-15)11(16)7-9(3)5-2/h8-9,11,16H,4-7H2,1-3H3. The van der Waals surface area contributed by atoms with Gasteiger partial charge in [0, 0.05) is 6.54 Å². The zero-order valence-corrected chi connectivity index (χ0v) is 11.0. The lowest BCUT2D eigenvalue weighted by Crippen LogP contribution is -2.12. The van der Waals surface area contributed by atoms with Gasteiger partial charge in [-0.1, -0.05) is 38.8 Å². The summed E-state index contributed by atoms with van der Waals surface area (Å²) in [6.45, 7) is 7.15. The molecule has 4 heteroatoms. The lowest BCUT2D eigenvalue weighted by atomic mass is 9.99. The molecule has 1 heterocycles. The quantitative estimate of drug-likeness (QED) is 0.833. The smallest absolute Gasteiger partial charge is 0.0974 e. The van der Waals surface area contributed by atoms with E-state index >= 15 is 0 Å². The average Bonchev–Trinajstić information content (AvgIpc) is 2.60. The number of aliphatic hydroxyl groups excluding tert-OH is 1. The molecule has 0 radical (unpaired) electrons. The monoisotopic (exact) mass is 244 g/mol. The summed E-state index contributed by atoms with van der Waals surface area (Å²) in [6, 6.07) is 0. The van der Waals surface area contributed by atoms with Crippen molar-refractivity contribution in [2.75, 3.05) is 0 Å². The number of rotatable bonds is 6. The highest BCUT2D eigenvalue weighted by molar-refractivity contribution is 6.31. The zero-order valence-electron chi connectivity index (χ0n) is 10.3. The molecule has 0 fully saturated rings. The van der Waals surface area contributed by atoms with Crippen molar-refractivity contribution in [1.82, 2.24) is 9.78 Å². The summed E-state index contributed by atoms with van der Waals surface area (Å²) >= 11 is 6.06. The zero-order chi connectivity index (χ0) is 12.1. The molecule has 0 saturated carbocycles. The Morgan fingerprint density at radius 1 is 1.50 bits per heavy atom. The number of aryl methyl sites for hydroxylation is 1. The van der Waals surface area contributed by atoms with Crippen molar-refractivity contribution in [3.63, 3.8) is 0 Å². The molecule has 3 nitrogen and oxygen atoms in total. The normalized spacial score (nSPS) is 15.1. The average molecular weight is 245 g/mol. The maximum Gasteiger partial charge on any atom is 0.0974 e. The Labute approximate surface area is 102 Å². The summed E-state index contributed by atoms with van der Waals surface area (Å²) in [5.74, 6) is 0.496. The SMILES string of the molecule is CCCn1ncc(Cl)c1C(O)CC(C)CC. The molecular formula is C12H21ClN2O. The van der Waals surface area contributed by atoms with Crippen LogP contribution in [0.2, 0.25) is 5.02 Å². The molecule has 92 valence electrons. The predicted octanol–water partition coefficient (Wildman–Crippen LogP) is 3.42. The van der Waals surface area contributed by atoms with Gasteiger partial charge in [0.2, 0.25) is 0 Å². The van der Waals surface area contributed by atoms with E-state index in [0.29, 0.717) is 10.9 Å². The van der Waals surface area contributed by atoms with Crippen LogP contribution in [0.5, 0.6) is 0 Å². The molecule has 1 N–H and O–H groups in total. The van der Waals surface area contributed by atoms with Gasteiger partial charge in [0.05, 0.1) is 23.0 Å². The first-order valence-corrected chi connectivity index (χ1v) is 6.37. The minimum atomic E-state index is -0.503. The number of aromatic nitrogens is 2. The predicted molar refractivity (Wildman–Crippen MR) is 66.6 cm³/mol. The fourth-order valence-corrected chi connectivity index (χ4v) is 2.02. The molecule has 0 amide bonds. The summed E-state index contributed by atoms with van der Waals surface area (Å²) < 4.78 is 1.81. The van der Waals surface area contributed by atoms with Crippen LogP contribution in [-0.2, 0) is 6.54 Å². The molecule has 1 aromatic heterocycles. The maximum absolute atomic E-state index is 10.2. The van der Waals surface area contributed by atoms with Gasteiger partial charge in [-0.15, -0.1) is 0 Å². The summed E-state index contributed by atoms with van der Waals surface area (Å²) in [4.78, 5) is 0. The van der Waals surface area contributed by atoms with E-state index in [1.165, 1.54) is 0 Å². The van der Waals surface area contributed by atoms with Crippen molar-refractivity contribution in [3.05, 3.63) is 16.9 Å². The van der Waals surface area contributed by atoms with Gasteiger partial charge in [0.1, 0.15) is 0 Å². The molecule has 0 aliphatic rings. The van der Waals surface area contributed by atoms with Crippen LogP contribution in [0.25, 0.3) is 0 Å². The number of hydrogen-bond donors (Lipinski definition) is 1. The molecular weight excluding hydrogens is 224 g/mol. The van der Waals surface area contributed by atoms with Crippen molar-refractivity contribution in [3.8, 4) is 0 Å². The first-order chi connectivity index (χ1) is 7.60.